The van der Waals surface area contributed by atoms with Crippen LogP contribution in [-0.2, 0) is 5.41 Å². The van der Waals surface area contributed by atoms with Gasteiger partial charge >= 0.3 is 6.03 Å². The van der Waals surface area contributed by atoms with Crippen LogP contribution < -0.4 is 16.4 Å². The number of aromatic nitrogens is 4. The number of carbonyl (C=O) groups is 1. The van der Waals surface area contributed by atoms with E-state index in [0.29, 0.717) is 23.4 Å². The Morgan fingerprint density at radius 1 is 1.21 bits per heavy atom. The molecule has 0 atom stereocenters. The predicted octanol–water partition coefficient (Wildman–Crippen LogP) is 5.01. The van der Waals surface area contributed by atoms with Crippen LogP contribution in [0.5, 0.6) is 0 Å². The SMILES string of the molecule is Cc1cc(-c2cn(C3CC3)c3ncnc(N)c23)ccc1NC(=O)Nc1cc(C2(C)CC2)no1. The van der Waals surface area contributed by atoms with Gasteiger partial charge in [0, 0.05) is 35.0 Å². The molecular formula is C24H25N7O2. The second-order valence-electron chi connectivity index (χ2n) is 9.38. The summed E-state index contributed by atoms with van der Waals surface area (Å²) in [7, 11) is 0. The molecule has 2 amide bonds. The van der Waals surface area contributed by atoms with Crippen molar-refractivity contribution in [3.63, 3.8) is 0 Å². The topological polar surface area (TPSA) is 124 Å². The first-order chi connectivity index (χ1) is 15.9. The van der Waals surface area contributed by atoms with E-state index in [1.807, 2.05) is 25.1 Å². The van der Waals surface area contributed by atoms with E-state index >= 15 is 0 Å². The van der Waals surface area contributed by atoms with Gasteiger partial charge in [-0.1, -0.05) is 18.1 Å². The van der Waals surface area contributed by atoms with Gasteiger partial charge in [-0.2, -0.15) is 0 Å². The van der Waals surface area contributed by atoms with Crippen molar-refractivity contribution in [3.05, 3.63) is 48.0 Å². The minimum atomic E-state index is -0.377. The van der Waals surface area contributed by atoms with Gasteiger partial charge in [0.2, 0.25) is 5.88 Å². The Morgan fingerprint density at radius 3 is 2.76 bits per heavy atom. The van der Waals surface area contributed by atoms with Gasteiger partial charge in [0.25, 0.3) is 0 Å². The van der Waals surface area contributed by atoms with Crippen molar-refractivity contribution in [2.24, 2.45) is 0 Å². The fourth-order valence-electron chi connectivity index (χ4n) is 4.26. The molecule has 3 aromatic heterocycles. The summed E-state index contributed by atoms with van der Waals surface area (Å²) in [4.78, 5) is 21.2. The third-order valence-electron chi connectivity index (χ3n) is 6.73. The van der Waals surface area contributed by atoms with E-state index in [9.17, 15) is 4.79 Å². The second-order valence-corrected chi connectivity index (χ2v) is 9.38. The Hall–Kier alpha value is -3.88. The van der Waals surface area contributed by atoms with Crippen LogP contribution >= 0.6 is 0 Å². The third kappa shape index (κ3) is 3.49. The van der Waals surface area contributed by atoms with Crippen LogP contribution in [0.25, 0.3) is 22.2 Å². The average molecular weight is 444 g/mol. The van der Waals surface area contributed by atoms with Crippen LogP contribution in [0.4, 0.5) is 22.2 Å². The molecule has 9 heteroatoms. The number of nitrogen functional groups attached to an aromatic ring is 1. The van der Waals surface area contributed by atoms with Gasteiger partial charge in [0.05, 0.1) is 11.1 Å². The van der Waals surface area contributed by atoms with Crippen molar-refractivity contribution in [1.82, 2.24) is 19.7 Å². The largest absolute Gasteiger partial charge is 0.383 e. The van der Waals surface area contributed by atoms with E-state index in [1.165, 1.54) is 6.33 Å². The number of nitrogens with zero attached hydrogens (tertiary/aromatic N) is 4. The zero-order chi connectivity index (χ0) is 22.7. The maximum absolute atomic E-state index is 12.5. The predicted molar refractivity (Wildman–Crippen MR) is 126 cm³/mol. The van der Waals surface area contributed by atoms with Crippen molar-refractivity contribution < 1.29 is 9.32 Å². The number of amides is 2. The number of fused-ring (bicyclic) bond motifs is 1. The molecule has 0 unspecified atom stereocenters. The first-order valence-corrected chi connectivity index (χ1v) is 11.2. The molecular weight excluding hydrogens is 418 g/mol. The number of hydrogen-bond acceptors (Lipinski definition) is 6. The smallest absolute Gasteiger partial charge is 0.326 e. The highest BCUT2D eigenvalue weighted by molar-refractivity contribution is 6.02. The quantitative estimate of drug-likeness (QED) is 0.398. The molecule has 4 aromatic rings. The lowest BCUT2D eigenvalue weighted by Crippen LogP contribution is -2.19. The van der Waals surface area contributed by atoms with Gasteiger partial charge < -0.3 is 20.1 Å². The fourth-order valence-corrected chi connectivity index (χ4v) is 4.26. The molecule has 0 radical (unpaired) electrons. The summed E-state index contributed by atoms with van der Waals surface area (Å²) in [5.74, 6) is 0.813. The van der Waals surface area contributed by atoms with Gasteiger partial charge in [0.1, 0.15) is 17.8 Å². The van der Waals surface area contributed by atoms with E-state index < -0.39 is 0 Å². The molecule has 2 aliphatic rings. The summed E-state index contributed by atoms with van der Waals surface area (Å²) in [5.41, 5.74) is 11.7. The third-order valence-corrected chi connectivity index (χ3v) is 6.73. The van der Waals surface area contributed by atoms with Crippen LogP contribution in [0.1, 0.15) is 49.9 Å². The molecule has 0 saturated heterocycles. The van der Waals surface area contributed by atoms with E-state index in [2.05, 4.69) is 43.4 Å². The van der Waals surface area contributed by atoms with Crippen molar-refractivity contribution in [2.75, 3.05) is 16.4 Å². The number of anilines is 3. The number of rotatable bonds is 5. The number of nitrogens with one attached hydrogen (secondary N) is 2. The molecule has 2 fully saturated rings. The minimum Gasteiger partial charge on any atom is -0.383 e. The van der Waals surface area contributed by atoms with E-state index in [4.69, 9.17) is 10.3 Å². The highest BCUT2D eigenvalue weighted by Crippen LogP contribution is 2.47. The number of urea groups is 1. The first-order valence-electron chi connectivity index (χ1n) is 11.2. The Bertz CT molecular complexity index is 1400. The van der Waals surface area contributed by atoms with Crippen LogP contribution in [0.2, 0.25) is 0 Å². The lowest BCUT2D eigenvalue weighted by molar-refractivity contribution is 0.261. The highest BCUT2D eigenvalue weighted by atomic mass is 16.5. The summed E-state index contributed by atoms with van der Waals surface area (Å²) in [5, 5.41) is 10.6. The molecule has 0 bridgehead atoms. The number of carbonyl (C=O) groups excluding carboxylic acids is 1. The second kappa shape index (κ2) is 7.06. The standard InChI is InChI=1S/C24H25N7O2/c1-13-9-14(16-11-31(15-4-5-15)22-20(16)21(25)26-12-27-22)3-6-17(13)28-23(32)29-19-10-18(30-33-19)24(2)7-8-24/h3,6,9-12,15H,4-5,7-8H2,1-2H3,(H2,25,26,27)(H2,28,29,32). The van der Waals surface area contributed by atoms with Crippen molar-refractivity contribution in [1.29, 1.82) is 0 Å². The van der Waals surface area contributed by atoms with Crippen LogP contribution in [0.3, 0.4) is 0 Å². The van der Waals surface area contributed by atoms with E-state index in [0.717, 1.165) is 59.1 Å². The first kappa shape index (κ1) is 19.8. The summed E-state index contributed by atoms with van der Waals surface area (Å²) >= 11 is 0. The van der Waals surface area contributed by atoms with Crippen molar-refractivity contribution in [2.45, 2.75) is 51.0 Å². The summed E-state index contributed by atoms with van der Waals surface area (Å²) < 4.78 is 7.48. The molecule has 168 valence electrons. The Kier molecular flexibility index (Phi) is 4.23. The molecule has 2 aliphatic carbocycles. The molecule has 1 aromatic carbocycles. The Labute approximate surface area is 190 Å². The zero-order valence-electron chi connectivity index (χ0n) is 18.6. The zero-order valence-corrected chi connectivity index (χ0v) is 18.6. The molecule has 33 heavy (non-hydrogen) atoms. The lowest BCUT2D eigenvalue weighted by Gasteiger charge is -2.10. The Morgan fingerprint density at radius 2 is 2.03 bits per heavy atom. The summed E-state index contributed by atoms with van der Waals surface area (Å²) in [6.45, 7) is 4.10. The number of nitrogens with two attached hydrogens (primary N) is 1. The maximum atomic E-state index is 12.5. The number of aryl methyl sites for hydroxylation is 1. The normalized spacial score (nSPS) is 16.7. The fraction of sp³-hybridized carbons (Fsp3) is 0.333. The van der Waals surface area contributed by atoms with Gasteiger partial charge in [0.15, 0.2) is 0 Å². The molecule has 0 spiro atoms. The molecule has 0 aliphatic heterocycles. The summed E-state index contributed by atoms with van der Waals surface area (Å²) in [6, 6.07) is 7.79. The number of hydrogen-bond donors (Lipinski definition) is 3. The van der Waals surface area contributed by atoms with E-state index in [-0.39, 0.29) is 11.4 Å². The summed E-state index contributed by atoms with van der Waals surface area (Å²) in [6.07, 6.45) is 8.11. The minimum absolute atomic E-state index is 0.0867. The Balaban J connectivity index is 1.24. The molecule has 4 N–H and O–H groups in total. The molecule has 3 heterocycles. The van der Waals surface area contributed by atoms with Crippen molar-refractivity contribution in [3.8, 4) is 11.1 Å². The number of benzene rings is 1. The molecule has 6 rings (SSSR count). The van der Waals surface area contributed by atoms with Crippen molar-refractivity contribution >= 4 is 34.5 Å². The van der Waals surface area contributed by atoms with Crippen LogP contribution in [-0.4, -0.2) is 25.7 Å². The van der Waals surface area contributed by atoms with Gasteiger partial charge in [-0.05, 0) is 55.9 Å². The van der Waals surface area contributed by atoms with Gasteiger partial charge in [-0.3, -0.25) is 5.32 Å². The molecule has 2 saturated carbocycles. The lowest BCUT2D eigenvalue weighted by atomic mass is 10.0. The average Bonchev–Trinajstić information content (AvgIpc) is 3.68. The maximum Gasteiger partial charge on any atom is 0.326 e. The van der Waals surface area contributed by atoms with Crippen LogP contribution in [0.15, 0.2) is 41.3 Å². The highest BCUT2D eigenvalue weighted by Gasteiger charge is 2.42. The monoisotopic (exact) mass is 443 g/mol. The van der Waals surface area contributed by atoms with E-state index in [1.54, 1.807) is 6.07 Å². The molecule has 9 nitrogen and oxygen atoms in total. The van der Waals surface area contributed by atoms with Gasteiger partial charge in [-0.15, -0.1) is 0 Å². The van der Waals surface area contributed by atoms with Crippen LogP contribution in [0, 0.1) is 6.92 Å². The van der Waals surface area contributed by atoms with Gasteiger partial charge in [-0.25, -0.2) is 14.8 Å².